The molecule has 6 atom stereocenters. The molecule has 8 nitrogen and oxygen atoms in total. The second kappa shape index (κ2) is 7.06. The van der Waals surface area contributed by atoms with Crippen molar-refractivity contribution in [1.29, 1.82) is 0 Å². The smallest absolute Gasteiger partial charge is 0.176 e. The largest absolute Gasteiger partial charge is 0.394 e. The fourth-order valence-electron chi connectivity index (χ4n) is 2.31. The van der Waals surface area contributed by atoms with Crippen LogP contribution in [0.1, 0.15) is 20.8 Å². The number of nitrogens with one attached hydrogen (secondary N) is 2. The van der Waals surface area contributed by atoms with Gasteiger partial charge in [-0.15, -0.1) is 0 Å². The van der Waals surface area contributed by atoms with Crippen LogP contribution in [-0.2, 0) is 9.53 Å². The molecule has 9 heteroatoms. The van der Waals surface area contributed by atoms with Crippen molar-refractivity contribution in [2.45, 2.75) is 56.9 Å². The van der Waals surface area contributed by atoms with Gasteiger partial charge in [0.1, 0.15) is 36.1 Å². The summed E-state index contributed by atoms with van der Waals surface area (Å²) in [7, 11) is 0. The van der Waals surface area contributed by atoms with Crippen LogP contribution >= 0.6 is 11.8 Å². The van der Waals surface area contributed by atoms with Crippen LogP contribution in [0.4, 0.5) is 0 Å². The summed E-state index contributed by atoms with van der Waals surface area (Å²) in [4.78, 5) is 12.8. The first-order valence-corrected chi connectivity index (χ1v) is 8.27. The minimum atomic E-state index is -1.44. The van der Waals surface area contributed by atoms with E-state index in [4.69, 9.17) is 9.84 Å². The van der Waals surface area contributed by atoms with Crippen molar-refractivity contribution >= 4 is 17.5 Å². The number of hydrogen-bond donors (Lipinski definition) is 6. The third-order valence-electron chi connectivity index (χ3n) is 3.72. The molecule has 0 saturated carbocycles. The maximum absolute atomic E-state index is 12.2. The number of ether oxygens (including phenoxy) is 1. The fraction of sp³-hybridized carbons (Fsp3) is 0.786. The third kappa shape index (κ3) is 4.05. The Hall–Kier alpha value is -0.680. The predicted octanol–water partition coefficient (Wildman–Crippen LogP) is -1.55. The molecule has 2 heterocycles. The highest BCUT2D eigenvalue weighted by atomic mass is 32.2. The lowest BCUT2D eigenvalue weighted by Crippen LogP contribution is -2.64. The van der Waals surface area contributed by atoms with E-state index in [-0.39, 0.29) is 5.78 Å². The Kier molecular flexibility index (Phi) is 5.72. The number of ketones is 1. The maximum Gasteiger partial charge on any atom is 0.176 e. The lowest BCUT2D eigenvalue weighted by atomic mass is 9.91. The number of hydrogen-bond acceptors (Lipinski definition) is 9. The van der Waals surface area contributed by atoms with Crippen LogP contribution in [0.5, 0.6) is 0 Å². The van der Waals surface area contributed by atoms with Gasteiger partial charge >= 0.3 is 0 Å². The van der Waals surface area contributed by atoms with Gasteiger partial charge in [0, 0.05) is 11.6 Å². The molecule has 0 aromatic rings. The van der Waals surface area contributed by atoms with Crippen LogP contribution in [0.25, 0.3) is 0 Å². The molecule has 0 radical (unpaired) electrons. The summed E-state index contributed by atoms with van der Waals surface area (Å²) < 4.78 is 5.37. The van der Waals surface area contributed by atoms with Crippen molar-refractivity contribution in [3.63, 3.8) is 0 Å². The Morgan fingerprint density at radius 1 is 1.30 bits per heavy atom. The first-order valence-electron chi connectivity index (χ1n) is 7.39. The minimum Gasteiger partial charge on any atom is -0.394 e. The van der Waals surface area contributed by atoms with E-state index in [0.29, 0.717) is 4.91 Å². The van der Waals surface area contributed by atoms with E-state index in [1.54, 1.807) is 6.20 Å². The number of carbonyl (C=O) groups excluding carboxylic acids is 1. The van der Waals surface area contributed by atoms with Gasteiger partial charge in [-0.3, -0.25) is 10.1 Å². The zero-order valence-electron chi connectivity index (χ0n) is 13.3. The number of thioether (sulfide) groups is 1. The molecule has 0 spiro atoms. The molecular formula is C14H24N2O6S. The molecule has 0 amide bonds. The Morgan fingerprint density at radius 3 is 2.52 bits per heavy atom. The second-order valence-corrected chi connectivity index (χ2v) is 7.82. The van der Waals surface area contributed by atoms with Crippen molar-refractivity contribution in [1.82, 2.24) is 10.6 Å². The molecule has 23 heavy (non-hydrogen) atoms. The molecule has 2 rings (SSSR count). The fourth-order valence-corrected chi connectivity index (χ4v) is 3.45. The van der Waals surface area contributed by atoms with E-state index in [2.05, 4.69) is 10.6 Å². The Labute approximate surface area is 138 Å². The lowest BCUT2D eigenvalue weighted by Gasteiger charge is -2.41. The average Bonchev–Trinajstić information content (AvgIpc) is 2.94. The monoisotopic (exact) mass is 348 g/mol. The van der Waals surface area contributed by atoms with Crippen molar-refractivity contribution in [2.75, 3.05) is 6.61 Å². The van der Waals surface area contributed by atoms with Crippen molar-refractivity contribution in [2.24, 2.45) is 5.41 Å². The van der Waals surface area contributed by atoms with Gasteiger partial charge in [0.05, 0.1) is 11.5 Å². The molecule has 1 saturated heterocycles. The number of aliphatic hydroxyl groups excluding tert-OH is 4. The summed E-state index contributed by atoms with van der Waals surface area (Å²) in [5, 5.41) is 44.5. The number of allylic oxidation sites excluding steroid dienone is 1. The molecular weight excluding hydrogens is 324 g/mol. The topological polar surface area (TPSA) is 131 Å². The molecule has 1 fully saturated rings. The van der Waals surface area contributed by atoms with E-state index >= 15 is 0 Å². The summed E-state index contributed by atoms with van der Waals surface area (Å²) >= 11 is 1.24. The highest BCUT2D eigenvalue weighted by Crippen LogP contribution is 2.32. The van der Waals surface area contributed by atoms with Gasteiger partial charge in [-0.2, -0.15) is 0 Å². The van der Waals surface area contributed by atoms with Gasteiger partial charge in [-0.1, -0.05) is 32.5 Å². The standard InChI is InChI=1S/C14H24N2O6S/c1-14(2,3)11(21)7-4-15-13(23-7)16-12-10(20)9(19)8(18)6(5-17)22-12/h4,6,8-10,12-13,15-20H,5H2,1-3H3. The van der Waals surface area contributed by atoms with Crippen molar-refractivity contribution in [3.8, 4) is 0 Å². The molecule has 0 bridgehead atoms. The summed E-state index contributed by atoms with van der Waals surface area (Å²) in [5.74, 6) is -0.00639. The van der Waals surface area contributed by atoms with Crippen LogP contribution in [0.3, 0.4) is 0 Å². The van der Waals surface area contributed by atoms with Gasteiger partial charge in [0.2, 0.25) is 0 Å². The van der Waals surface area contributed by atoms with Gasteiger partial charge < -0.3 is 30.5 Å². The number of Topliss-reactive ketones (excluding diaryl/α,β-unsaturated/α-hetero) is 1. The predicted molar refractivity (Wildman–Crippen MR) is 84.0 cm³/mol. The molecule has 6 N–H and O–H groups in total. The molecule has 132 valence electrons. The summed E-state index contributed by atoms with van der Waals surface area (Å²) in [6, 6.07) is 0. The van der Waals surface area contributed by atoms with Crippen LogP contribution in [-0.4, -0.2) is 69.0 Å². The quantitative estimate of drug-likeness (QED) is 0.357. The maximum atomic E-state index is 12.2. The molecule has 0 aliphatic carbocycles. The van der Waals surface area contributed by atoms with E-state index in [0.717, 1.165) is 0 Å². The van der Waals surface area contributed by atoms with Crippen LogP contribution in [0, 0.1) is 5.41 Å². The first kappa shape index (κ1) is 18.7. The van der Waals surface area contributed by atoms with Crippen LogP contribution in [0.2, 0.25) is 0 Å². The summed E-state index contributed by atoms with van der Waals surface area (Å²) in [6.07, 6.45) is -4.56. The van der Waals surface area contributed by atoms with E-state index in [1.165, 1.54) is 11.8 Å². The molecule has 2 aliphatic heterocycles. The third-order valence-corrected chi connectivity index (χ3v) is 4.79. The number of aliphatic hydroxyl groups is 4. The second-order valence-electron chi connectivity index (χ2n) is 6.67. The molecule has 0 aromatic carbocycles. The van der Waals surface area contributed by atoms with Gasteiger partial charge in [0.25, 0.3) is 0 Å². The first-order chi connectivity index (χ1) is 10.6. The Morgan fingerprint density at radius 2 is 1.96 bits per heavy atom. The normalized spacial score (nSPS) is 38.1. The van der Waals surface area contributed by atoms with Gasteiger partial charge in [0.15, 0.2) is 5.78 Å². The van der Waals surface area contributed by atoms with Crippen LogP contribution in [0.15, 0.2) is 11.1 Å². The molecule has 6 unspecified atom stereocenters. The van der Waals surface area contributed by atoms with Gasteiger partial charge in [-0.05, 0) is 0 Å². The Bertz CT molecular complexity index is 478. The average molecular weight is 348 g/mol. The Balaban J connectivity index is 1.95. The van der Waals surface area contributed by atoms with E-state index in [1.807, 2.05) is 20.8 Å². The SMILES string of the molecule is CC(C)(C)C(=O)C1=CNC(NC2OC(CO)C(O)C(O)C2O)S1. The van der Waals surface area contributed by atoms with Crippen molar-refractivity contribution < 1.29 is 30.0 Å². The zero-order valence-corrected chi connectivity index (χ0v) is 14.1. The van der Waals surface area contributed by atoms with Crippen LogP contribution < -0.4 is 10.6 Å². The highest BCUT2D eigenvalue weighted by Gasteiger charge is 2.44. The highest BCUT2D eigenvalue weighted by molar-refractivity contribution is 8.04. The van der Waals surface area contributed by atoms with E-state index in [9.17, 15) is 20.1 Å². The number of rotatable bonds is 4. The van der Waals surface area contributed by atoms with Gasteiger partial charge in [-0.25, -0.2) is 0 Å². The number of carbonyl (C=O) groups is 1. The zero-order chi connectivity index (χ0) is 17.4. The minimum absolute atomic E-state index is 0.00639. The molecule has 0 aromatic heterocycles. The van der Waals surface area contributed by atoms with E-state index < -0.39 is 48.2 Å². The molecule has 2 aliphatic rings. The summed E-state index contributed by atoms with van der Waals surface area (Å²) in [5.41, 5.74) is -0.934. The lowest BCUT2D eigenvalue weighted by molar-refractivity contribution is -0.237. The summed E-state index contributed by atoms with van der Waals surface area (Å²) in [6.45, 7) is 5.00. The van der Waals surface area contributed by atoms with Crippen molar-refractivity contribution in [3.05, 3.63) is 11.1 Å².